The van der Waals surface area contributed by atoms with E-state index in [2.05, 4.69) is 5.32 Å². The number of nitrogens with zero attached hydrogens (tertiary/aromatic N) is 2. The van der Waals surface area contributed by atoms with Gasteiger partial charge in [0.25, 0.3) is 5.56 Å². The van der Waals surface area contributed by atoms with Crippen molar-refractivity contribution in [2.24, 2.45) is 5.92 Å². The molecule has 0 radical (unpaired) electrons. The van der Waals surface area contributed by atoms with Crippen LogP contribution in [0.5, 0.6) is 5.75 Å². The zero-order valence-corrected chi connectivity index (χ0v) is 11.5. The smallest absolute Gasteiger partial charge is 0.293 e. The van der Waals surface area contributed by atoms with Crippen LogP contribution in [0.2, 0.25) is 0 Å². The molecule has 1 aromatic heterocycles. The van der Waals surface area contributed by atoms with Crippen LogP contribution < -0.4 is 15.6 Å². The second kappa shape index (κ2) is 5.28. The fourth-order valence-electron chi connectivity index (χ4n) is 3.19. The average molecular weight is 277 g/mol. The largest absolute Gasteiger partial charge is 0.491 e. The van der Waals surface area contributed by atoms with Crippen molar-refractivity contribution in [1.29, 1.82) is 0 Å². The van der Waals surface area contributed by atoms with Crippen molar-refractivity contribution >= 4 is 5.91 Å². The van der Waals surface area contributed by atoms with E-state index < -0.39 is 0 Å². The molecule has 108 valence electrons. The molecule has 2 aliphatic heterocycles. The minimum atomic E-state index is -0.261. The van der Waals surface area contributed by atoms with Crippen LogP contribution in [0, 0.1) is 5.92 Å². The molecule has 6 heteroatoms. The average Bonchev–Trinajstić information content (AvgIpc) is 3.03. The molecule has 6 nitrogen and oxygen atoms in total. The highest BCUT2D eigenvalue weighted by Crippen LogP contribution is 2.27. The van der Waals surface area contributed by atoms with Gasteiger partial charge >= 0.3 is 0 Å². The SMILES string of the molecule is COc1cccn(CC(=O)N2CC[C@@H]3CNC[C@@H]32)c1=O. The number of ether oxygens (including phenoxy) is 1. The number of hydrogen-bond acceptors (Lipinski definition) is 4. The lowest BCUT2D eigenvalue weighted by Crippen LogP contribution is -2.42. The molecule has 2 saturated heterocycles. The van der Waals surface area contributed by atoms with E-state index in [1.807, 2.05) is 4.90 Å². The van der Waals surface area contributed by atoms with Gasteiger partial charge in [0.05, 0.1) is 7.11 Å². The number of aromatic nitrogens is 1. The van der Waals surface area contributed by atoms with Crippen LogP contribution >= 0.6 is 0 Å². The monoisotopic (exact) mass is 277 g/mol. The van der Waals surface area contributed by atoms with Gasteiger partial charge in [0, 0.05) is 31.9 Å². The highest BCUT2D eigenvalue weighted by molar-refractivity contribution is 5.76. The van der Waals surface area contributed by atoms with Gasteiger partial charge < -0.3 is 19.5 Å². The van der Waals surface area contributed by atoms with Gasteiger partial charge in [-0.25, -0.2) is 0 Å². The van der Waals surface area contributed by atoms with Crippen LogP contribution in [0.4, 0.5) is 0 Å². The van der Waals surface area contributed by atoms with Gasteiger partial charge in [-0.15, -0.1) is 0 Å². The molecule has 3 heterocycles. The topological polar surface area (TPSA) is 63.6 Å². The number of carbonyl (C=O) groups is 1. The summed E-state index contributed by atoms with van der Waals surface area (Å²) in [6.45, 7) is 2.74. The summed E-state index contributed by atoms with van der Waals surface area (Å²) in [5, 5.41) is 3.32. The first-order chi connectivity index (χ1) is 9.70. The number of fused-ring (bicyclic) bond motifs is 1. The molecule has 0 unspecified atom stereocenters. The van der Waals surface area contributed by atoms with Crippen molar-refractivity contribution in [3.05, 3.63) is 28.7 Å². The number of carbonyl (C=O) groups excluding carboxylic acids is 1. The van der Waals surface area contributed by atoms with Crippen LogP contribution in [0.3, 0.4) is 0 Å². The third-order valence-electron chi connectivity index (χ3n) is 4.28. The first-order valence-corrected chi connectivity index (χ1v) is 6.94. The Kier molecular flexibility index (Phi) is 3.48. The summed E-state index contributed by atoms with van der Waals surface area (Å²) in [5.74, 6) is 0.847. The number of amides is 1. The molecule has 0 spiro atoms. The van der Waals surface area contributed by atoms with Crippen molar-refractivity contribution in [1.82, 2.24) is 14.8 Å². The molecule has 0 saturated carbocycles. The fraction of sp³-hybridized carbons (Fsp3) is 0.571. The summed E-state index contributed by atoms with van der Waals surface area (Å²) in [6.07, 6.45) is 2.68. The molecule has 0 bridgehead atoms. The summed E-state index contributed by atoms with van der Waals surface area (Å²) < 4.78 is 6.41. The van der Waals surface area contributed by atoms with Crippen LogP contribution in [0.1, 0.15) is 6.42 Å². The number of methoxy groups -OCH3 is 1. The van der Waals surface area contributed by atoms with Gasteiger partial charge in [-0.1, -0.05) is 0 Å². The van der Waals surface area contributed by atoms with Crippen LogP contribution in [-0.4, -0.2) is 48.2 Å². The van der Waals surface area contributed by atoms with Crippen molar-refractivity contribution in [2.75, 3.05) is 26.7 Å². The van der Waals surface area contributed by atoms with E-state index in [4.69, 9.17) is 4.74 Å². The third kappa shape index (κ3) is 2.20. The Morgan fingerprint density at radius 2 is 2.35 bits per heavy atom. The molecule has 1 N–H and O–H groups in total. The predicted molar refractivity (Wildman–Crippen MR) is 73.7 cm³/mol. The molecule has 2 fully saturated rings. The van der Waals surface area contributed by atoms with Crippen molar-refractivity contribution in [3.63, 3.8) is 0 Å². The van der Waals surface area contributed by atoms with Gasteiger partial charge in [-0.2, -0.15) is 0 Å². The van der Waals surface area contributed by atoms with E-state index >= 15 is 0 Å². The molecule has 20 heavy (non-hydrogen) atoms. The number of likely N-dealkylation sites (tertiary alicyclic amines) is 1. The van der Waals surface area contributed by atoms with Gasteiger partial charge in [-0.3, -0.25) is 9.59 Å². The fourth-order valence-corrected chi connectivity index (χ4v) is 3.19. The maximum Gasteiger partial charge on any atom is 0.293 e. The van der Waals surface area contributed by atoms with E-state index in [9.17, 15) is 9.59 Å². The Hall–Kier alpha value is -1.82. The molecule has 2 atom stereocenters. The van der Waals surface area contributed by atoms with Crippen molar-refractivity contribution < 1.29 is 9.53 Å². The standard InChI is InChI=1S/C14H19N3O3/c1-20-12-3-2-5-16(14(12)19)9-13(18)17-6-4-10-7-15-8-11(10)17/h2-3,5,10-11,15H,4,6-9H2,1H3/t10-,11+/m1/s1. The van der Waals surface area contributed by atoms with Crippen LogP contribution in [0.15, 0.2) is 23.1 Å². The predicted octanol–water partition coefficient (Wildman–Crippen LogP) is -0.323. The van der Waals surface area contributed by atoms with E-state index in [0.717, 1.165) is 26.1 Å². The van der Waals surface area contributed by atoms with Gasteiger partial charge in [-0.05, 0) is 24.5 Å². The van der Waals surface area contributed by atoms with E-state index in [0.29, 0.717) is 12.0 Å². The normalized spacial score (nSPS) is 24.8. The minimum Gasteiger partial charge on any atom is -0.491 e. The van der Waals surface area contributed by atoms with Crippen molar-refractivity contribution in [3.8, 4) is 5.75 Å². The number of pyridine rings is 1. The number of nitrogens with one attached hydrogen (secondary N) is 1. The quantitative estimate of drug-likeness (QED) is 0.822. The van der Waals surface area contributed by atoms with Crippen LogP contribution in [0.25, 0.3) is 0 Å². The maximum absolute atomic E-state index is 12.4. The van der Waals surface area contributed by atoms with Gasteiger partial charge in [0.2, 0.25) is 5.91 Å². The summed E-state index contributed by atoms with van der Waals surface area (Å²) in [6, 6.07) is 3.62. The zero-order chi connectivity index (χ0) is 14.1. The lowest BCUT2D eigenvalue weighted by atomic mass is 10.1. The lowest BCUT2D eigenvalue weighted by molar-refractivity contribution is -0.132. The molecule has 3 rings (SSSR count). The minimum absolute atomic E-state index is 0.0107. The Morgan fingerprint density at radius 1 is 1.50 bits per heavy atom. The summed E-state index contributed by atoms with van der Waals surface area (Å²) in [4.78, 5) is 26.4. The van der Waals surface area contributed by atoms with E-state index in [1.54, 1.807) is 18.3 Å². The van der Waals surface area contributed by atoms with E-state index in [1.165, 1.54) is 11.7 Å². The Balaban J connectivity index is 1.75. The second-order valence-electron chi connectivity index (χ2n) is 5.37. The lowest BCUT2D eigenvalue weighted by Gasteiger charge is -2.23. The Bertz CT molecular complexity index is 569. The summed E-state index contributed by atoms with van der Waals surface area (Å²) >= 11 is 0. The Labute approximate surface area is 117 Å². The first kappa shape index (κ1) is 13.2. The summed E-state index contributed by atoms with van der Waals surface area (Å²) in [7, 11) is 1.46. The maximum atomic E-state index is 12.4. The summed E-state index contributed by atoms with van der Waals surface area (Å²) in [5.41, 5.74) is -0.261. The zero-order valence-electron chi connectivity index (χ0n) is 11.5. The van der Waals surface area contributed by atoms with E-state index in [-0.39, 0.29) is 23.8 Å². The number of hydrogen-bond donors (Lipinski definition) is 1. The molecule has 1 amide bonds. The number of rotatable bonds is 3. The molecule has 1 aromatic rings. The first-order valence-electron chi connectivity index (χ1n) is 6.94. The molecule has 0 aliphatic carbocycles. The molecular formula is C14H19N3O3. The van der Waals surface area contributed by atoms with Crippen LogP contribution in [-0.2, 0) is 11.3 Å². The van der Waals surface area contributed by atoms with Crippen molar-refractivity contribution in [2.45, 2.75) is 19.0 Å². The van der Waals surface area contributed by atoms with Gasteiger partial charge in [0.15, 0.2) is 5.75 Å². The molecule has 2 aliphatic rings. The van der Waals surface area contributed by atoms with Gasteiger partial charge in [0.1, 0.15) is 6.54 Å². The second-order valence-corrected chi connectivity index (χ2v) is 5.37. The molecule has 0 aromatic carbocycles. The molecular weight excluding hydrogens is 258 g/mol. The highest BCUT2D eigenvalue weighted by Gasteiger charge is 2.39. The third-order valence-corrected chi connectivity index (χ3v) is 4.28. The highest BCUT2D eigenvalue weighted by atomic mass is 16.5. The Morgan fingerprint density at radius 3 is 3.15 bits per heavy atom.